The Morgan fingerprint density at radius 2 is 1.48 bits per heavy atom. The molecule has 1 unspecified atom stereocenters. The molecular formula is C45H38F2N5O7PS. The molecule has 0 bridgehead atoms. The molecular weight excluding hydrogens is 824 g/mol. The van der Waals surface area contributed by atoms with Gasteiger partial charge in [-0.15, -0.1) is 11.3 Å². The van der Waals surface area contributed by atoms with Crippen LogP contribution in [0.3, 0.4) is 0 Å². The van der Waals surface area contributed by atoms with E-state index in [2.05, 4.69) is 16.2 Å². The molecule has 7 aromatic rings. The summed E-state index contributed by atoms with van der Waals surface area (Å²) in [4.78, 5) is 22.3. The van der Waals surface area contributed by atoms with E-state index in [0.717, 1.165) is 28.8 Å². The number of nitriles is 1. The van der Waals surface area contributed by atoms with Crippen molar-refractivity contribution in [1.82, 2.24) is 19.7 Å². The van der Waals surface area contributed by atoms with Gasteiger partial charge in [-0.05, 0) is 47.0 Å². The first kappa shape index (κ1) is 42.9. The third kappa shape index (κ3) is 10.9. The highest BCUT2D eigenvalue weighted by Gasteiger charge is 2.45. The van der Waals surface area contributed by atoms with Crippen LogP contribution < -0.4 is 0 Å². The van der Waals surface area contributed by atoms with Gasteiger partial charge < -0.3 is 9.47 Å². The maximum atomic E-state index is 15.9. The molecule has 2 aromatic heterocycles. The van der Waals surface area contributed by atoms with E-state index < -0.39 is 43.7 Å². The lowest BCUT2D eigenvalue weighted by Crippen LogP contribution is -2.42. The molecule has 0 amide bonds. The summed E-state index contributed by atoms with van der Waals surface area (Å²) in [6.07, 6.45) is 2.74. The van der Waals surface area contributed by atoms with Gasteiger partial charge in [-0.25, -0.2) is 32.8 Å². The first-order valence-electron chi connectivity index (χ1n) is 18.9. The second-order valence-electron chi connectivity index (χ2n) is 13.7. The molecule has 310 valence electrons. The third-order valence-electron chi connectivity index (χ3n) is 9.70. The first-order chi connectivity index (χ1) is 29.6. The second kappa shape index (κ2) is 19.9. The molecule has 0 aliphatic rings. The summed E-state index contributed by atoms with van der Waals surface area (Å²) in [5.74, 6) is -3.16. The zero-order valence-corrected chi connectivity index (χ0v) is 34.4. The van der Waals surface area contributed by atoms with Crippen LogP contribution in [0.1, 0.15) is 56.0 Å². The molecule has 7 rings (SSSR count). The number of rotatable bonds is 19. The number of carbonyl (C=O) groups excluding carboxylic acids is 1. The van der Waals surface area contributed by atoms with Crippen molar-refractivity contribution in [1.29, 1.82) is 5.26 Å². The fraction of sp³-hybridized carbons (Fsp3) is 0.178. The molecule has 2 heterocycles. The Bertz CT molecular complexity index is 2570. The topological polar surface area (TPSA) is 148 Å². The van der Waals surface area contributed by atoms with Gasteiger partial charge in [0.05, 0.1) is 54.3 Å². The highest BCUT2D eigenvalue weighted by molar-refractivity contribution is 7.48. The predicted molar refractivity (Wildman–Crippen MR) is 221 cm³/mol. The molecule has 0 aliphatic heterocycles. The van der Waals surface area contributed by atoms with Crippen LogP contribution >= 0.6 is 19.2 Å². The summed E-state index contributed by atoms with van der Waals surface area (Å²) in [5.41, 5.74) is 2.48. The van der Waals surface area contributed by atoms with Crippen molar-refractivity contribution in [2.75, 3.05) is 6.79 Å². The number of thiazole rings is 1. The molecule has 0 radical (unpaired) electrons. The van der Waals surface area contributed by atoms with Crippen LogP contribution in [0.15, 0.2) is 145 Å². The Morgan fingerprint density at radius 3 is 2.05 bits per heavy atom. The molecule has 16 heteroatoms. The van der Waals surface area contributed by atoms with Crippen molar-refractivity contribution in [2.24, 2.45) is 0 Å². The minimum atomic E-state index is -4.06. The quantitative estimate of drug-likeness (QED) is 0.0435. The van der Waals surface area contributed by atoms with Gasteiger partial charge in [-0.3, -0.25) is 13.6 Å². The number of nitrogens with zero attached hydrogens (tertiary/aromatic N) is 5. The maximum absolute atomic E-state index is 15.9. The van der Waals surface area contributed by atoms with Crippen molar-refractivity contribution in [3.8, 4) is 17.3 Å². The Kier molecular flexibility index (Phi) is 14.0. The molecule has 61 heavy (non-hydrogen) atoms. The zero-order chi connectivity index (χ0) is 42.7. The Morgan fingerprint density at radius 1 is 0.852 bits per heavy atom. The van der Waals surface area contributed by atoms with E-state index in [1.54, 1.807) is 43.3 Å². The van der Waals surface area contributed by atoms with E-state index in [1.807, 2.05) is 66.0 Å². The predicted octanol–water partition coefficient (Wildman–Crippen LogP) is 10.1. The fourth-order valence-electron chi connectivity index (χ4n) is 6.36. The number of ether oxygens (including phenoxy) is 2. The van der Waals surface area contributed by atoms with Crippen LogP contribution in [0.4, 0.5) is 8.78 Å². The molecule has 0 saturated carbocycles. The number of hydrogen-bond acceptors (Lipinski definition) is 12. The number of aromatic nitrogens is 4. The van der Waals surface area contributed by atoms with E-state index in [-0.39, 0.29) is 37.5 Å². The van der Waals surface area contributed by atoms with Crippen LogP contribution in [0.5, 0.6) is 0 Å². The maximum Gasteiger partial charge on any atom is 0.475 e. The summed E-state index contributed by atoms with van der Waals surface area (Å²) >= 11 is 1.30. The number of phosphoric acid groups is 1. The van der Waals surface area contributed by atoms with E-state index in [1.165, 1.54) is 46.9 Å². The number of phosphoric ester groups is 1. The van der Waals surface area contributed by atoms with Crippen LogP contribution in [0.25, 0.3) is 11.3 Å². The average Bonchev–Trinajstić information content (AvgIpc) is 4.01. The van der Waals surface area contributed by atoms with Crippen LogP contribution in [-0.2, 0) is 59.6 Å². The Balaban J connectivity index is 1.07. The fourth-order valence-corrected chi connectivity index (χ4v) is 8.47. The molecule has 5 aromatic carbocycles. The van der Waals surface area contributed by atoms with E-state index in [0.29, 0.717) is 21.8 Å². The monoisotopic (exact) mass is 861 g/mol. The van der Waals surface area contributed by atoms with Crippen molar-refractivity contribution in [2.45, 2.75) is 44.8 Å². The number of benzene rings is 5. The highest BCUT2D eigenvalue weighted by Crippen LogP contribution is 2.52. The molecule has 0 fully saturated rings. The minimum Gasteiger partial charge on any atom is -0.435 e. The van der Waals surface area contributed by atoms with Gasteiger partial charge in [0.2, 0.25) is 0 Å². The SMILES string of the molecule is C[C@@H](c1nc(-c2ccc(C#N)cc2)cs1)C(Cn1cncn1)(OCOC(=O)c1ccc(COP(=O)(OCc2ccccc2)OCc2ccccc2)cc1)c1ccc(F)cc1F. The average molecular weight is 862 g/mol. The largest absolute Gasteiger partial charge is 0.475 e. The van der Waals surface area contributed by atoms with Crippen LogP contribution in [0, 0.1) is 23.0 Å². The molecule has 0 aliphatic carbocycles. The summed E-state index contributed by atoms with van der Waals surface area (Å²) in [5, 5.41) is 15.8. The van der Waals surface area contributed by atoms with E-state index >= 15 is 4.39 Å². The standard InChI is InChI=1S/C45H38F2N5O7PS/c1-32(43-51-42(27-61-43)37-16-12-33(23-48)13-17-37)45(28-52-30-49-29-50-52,40-21-20-39(46)22-41(40)47)56-31-55-44(53)38-18-14-36(15-19-38)26-59-60(54,57-24-34-8-4-2-5-9-34)58-25-35-10-6-3-7-11-35/h2-22,27,29-30,32H,24-26,28,31H2,1H3/t32-,45?/m0/s1. The summed E-state index contributed by atoms with van der Waals surface area (Å²) < 4.78 is 74.6. The van der Waals surface area contributed by atoms with Crippen LogP contribution in [-0.4, -0.2) is 32.5 Å². The van der Waals surface area contributed by atoms with Crippen molar-refractivity contribution in [3.05, 3.63) is 195 Å². The van der Waals surface area contributed by atoms with Gasteiger partial charge in [0.15, 0.2) is 6.79 Å². The summed E-state index contributed by atoms with van der Waals surface area (Å²) in [6, 6.07) is 36.8. The molecule has 2 atom stereocenters. The van der Waals surface area contributed by atoms with E-state index in [9.17, 15) is 19.0 Å². The normalized spacial score (nSPS) is 13.0. The Labute approximate surface area is 354 Å². The minimum absolute atomic E-state index is 0.00404. The lowest BCUT2D eigenvalue weighted by molar-refractivity contribution is -0.148. The number of carbonyl (C=O) groups is 1. The van der Waals surface area contributed by atoms with Crippen molar-refractivity contribution >= 4 is 25.1 Å². The number of hydrogen-bond donors (Lipinski definition) is 0. The zero-order valence-electron chi connectivity index (χ0n) is 32.7. The second-order valence-corrected chi connectivity index (χ2v) is 16.3. The molecule has 0 saturated heterocycles. The lowest BCUT2D eigenvalue weighted by atomic mass is 9.81. The van der Waals surface area contributed by atoms with Gasteiger partial charge in [0.25, 0.3) is 0 Å². The van der Waals surface area contributed by atoms with Gasteiger partial charge in [-0.2, -0.15) is 10.4 Å². The third-order valence-corrected chi connectivity index (χ3v) is 12.1. The lowest BCUT2D eigenvalue weighted by Gasteiger charge is -2.38. The van der Waals surface area contributed by atoms with Crippen molar-refractivity contribution in [3.63, 3.8) is 0 Å². The molecule has 12 nitrogen and oxygen atoms in total. The van der Waals surface area contributed by atoms with Gasteiger partial charge >= 0.3 is 13.8 Å². The highest BCUT2D eigenvalue weighted by atomic mass is 32.1. The Hall–Kier alpha value is -6.24. The van der Waals surface area contributed by atoms with Gasteiger partial charge in [0, 0.05) is 28.5 Å². The summed E-state index contributed by atoms with van der Waals surface area (Å²) in [7, 11) is -4.06. The smallest absolute Gasteiger partial charge is 0.435 e. The van der Waals surface area contributed by atoms with Crippen LogP contribution in [0.2, 0.25) is 0 Å². The van der Waals surface area contributed by atoms with E-state index in [4.69, 9.17) is 28.0 Å². The molecule has 0 spiro atoms. The summed E-state index contributed by atoms with van der Waals surface area (Å²) in [6.45, 7) is 0.847. The number of halogens is 2. The van der Waals surface area contributed by atoms with Gasteiger partial charge in [0.1, 0.15) is 29.9 Å². The number of esters is 1. The first-order valence-corrected chi connectivity index (χ1v) is 21.2. The van der Waals surface area contributed by atoms with Crippen molar-refractivity contribution < 1.29 is 41.2 Å². The molecule has 0 N–H and O–H groups in total. The van der Waals surface area contributed by atoms with Gasteiger partial charge in [-0.1, -0.05) is 97.9 Å².